The van der Waals surface area contributed by atoms with E-state index in [-0.39, 0.29) is 18.6 Å². The predicted molar refractivity (Wildman–Crippen MR) is 98.6 cm³/mol. The molecule has 2 aromatic rings. The standard InChI is InChI=1S/C19H22N4O4/c1-26-17-9-13(4-5-16(17)27-12-18(20)24)19(25)23-8-7-22-11-15(23)14-3-2-6-21-10-14/h2-6,9-10,15,22H,7-8,11-12H2,1H3,(H2,20,24). The summed E-state index contributed by atoms with van der Waals surface area (Å²) in [6.07, 6.45) is 3.49. The number of hydrogen-bond donors (Lipinski definition) is 2. The fourth-order valence-electron chi connectivity index (χ4n) is 3.05. The van der Waals surface area contributed by atoms with E-state index in [9.17, 15) is 9.59 Å². The highest BCUT2D eigenvalue weighted by Gasteiger charge is 2.29. The second-order valence-corrected chi connectivity index (χ2v) is 6.13. The molecule has 8 heteroatoms. The van der Waals surface area contributed by atoms with Crippen LogP contribution in [0, 0.1) is 0 Å². The van der Waals surface area contributed by atoms with E-state index in [4.69, 9.17) is 15.2 Å². The van der Waals surface area contributed by atoms with Crippen LogP contribution in [0.3, 0.4) is 0 Å². The van der Waals surface area contributed by atoms with Crippen LogP contribution >= 0.6 is 0 Å². The Morgan fingerprint density at radius 2 is 2.19 bits per heavy atom. The van der Waals surface area contributed by atoms with Crippen LogP contribution < -0.4 is 20.5 Å². The maximum atomic E-state index is 13.1. The number of hydrogen-bond acceptors (Lipinski definition) is 6. The van der Waals surface area contributed by atoms with Crippen LogP contribution in [0.15, 0.2) is 42.7 Å². The number of ether oxygens (including phenoxy) is 2. The number of aromatic nitrogens is 1. The summed E-state index contributed by atoms with van der Waals surface area (Å²) in [7, 11) is 1.48. The Morgan fingerprint density at radius 1 is 1.33 bits per heavy atom. The van der Waals surface area contributed by atoms with Crippen molar-refractivity contribution in [2.45, 2.75) is 6.04 Å². The summed E-state index contributed by atoms with van der Waals surface area (Å²) in [4.78, 5) is 30.0. The molecule has 3 N–H and O–H groups in total. The Bertz CT molecular complexity index is 813. The number of carbonyl (C=O) groups is 2. The maximum absolute atomic E-state index is 13.1. The van der Waals surface area contributed by atoms with Crippen molar-refractivity contribution in [2.24, 2.45) is 5.73 Å². The topological polar surface area (TPSA) is 107 Å². The molecule has 1 unspecified atom stereocenters. The lowest BCUT2D eigenvalue weighted by atomic mass is 10.0. The van der Waals surface area contributed by atoms with Crippen molar-refractivity contribution in [3.63, 3.8) is 0 Å². The van der Waals surface area contributed by atoms with E-state index in [1.165, 1.54) is 7.11 Å². The van der Waals surface area contributed by atoms with Crippen molar-refractivity contribution in [3.8, 4) is 11.5 Å². The Kier molecular flexibility index (Phi) is 5.87. The second-order valence-electron chi connectivity index (χ2n) is 6.13. The van der Waals surface area contributed by atoms with Gasteiger partial charge in [-0.2, -0.15) is 0 Å². The van der Waals surface area contributed by atoms with Gasteiger partial charge < -0.3 is 25.4 Å². The zero-order valence-corrected chi connectivity index (χ0v) is 15.1. The minimum absolute atomic E-state index is 0.100. The van der Waals surface area contributed by atoms with Crippen LogP contribution in [0.4, 0.5) is 0 Å². The number of nitrogens with one attached hydrogen (secondary N) is 1. The SMILES string of the molecule is COc1cc(C(=O)N2CCNCC2c2cccnc2)ccc1OCC(N)=O. The average Bonchev–Trinajstić information content (AvgIpc) is 2.72. The minimum Gasteiger partial charge on any atom is -0.493 e. The molecular formula is C19H22N4O4. The van der Waals surface area contributed by atoms with Crippen molar-refractivity contribution in [1.82, 2.24) is 15.2 Å². The van der Waals surface area contributed by atoms with Crippen LogP contribution in [0.25, 0.3) is 0 Å². The van der Waals surface area contributed by atoms with Gasteiger partial charge in [-0.25, -0.2) is 0 Å². The molecular weight excluding hydrogens is 348 g/mol. The van der Waals surface area contributed by atoms with Gasteiger partial charge in [0.15, 0.2) is 18.1 Å². The van der Waals surface area contributed by atoms with Crippen LogP contribution in [0.2, 0.25) is 0 Å². The first kappa shape index (κ1) is 18.7. The number of piperazine rings is 1. The fraction of sp³-hybridized carbons (Fsp3) is 0.316. The lowest BCUT2D eigenvalue weighted by molar-refractivity contribution is -0.119. The van der Waals surface area contributed by atoms with E-state index in [0.717, 1.165) is 12.1 Å². The zero-order valence-electron chi connectivity index (χ0n) is 15.1. The van der Waals surface area contributed by atoms with Gasteiger partial charge in [0.25, 0.3) is 11.8 Å². The third-order valence-corrected chi connectivity index (χ3v) is 4.35. The molecule has 1 fully saturated rings. The molecule has 2 heterocycles. The predicted octanol–water partition coefficient (Wildman–Crippen LogP) is 0.741. The highest BCUT2D eigenvalue weighted by molar-refractivity contribution is 5.95. The number of carbonyl (C=O) groups excluding carboxylic acids is 2. The van der Waals surface area contributed by atoms with E-state index in [0.29, 0.717) is 30.2 Å². The molecule has 1 atom stereocenters. The summed E-state index contributed by atoms with van der Waals surface area (Å²) >= 11 is 0. The number of benzene rings is 1. The molecule has 3 rings (SSSR count). The van der Waals surface area contributed by atoms with Crippen LogP contribution in [-0.4, -0.2) is 55.0 Å². The summed E-state index contributed by atoms with van der Waals surface area (Å²) in [5.74, 6) is 0.0366. The smallest absolute Gasteiger partial charge is 0.255 e. The summed E-state index contributed by atoms with van der Waals surface area (Å²) in [6, 6.07) is 8.60. The number of nitrogens with zero attached hydrogens (tertiary/aromatic N) is 2. The normalized spacial score (nSPS) is 16.6. The minimum atomic E-state index is -0.586. The third kappa shape index (κ3) is 4.35. The Morgan fingerprint density at radius 3 is 2.89 bits per heavy atom. The van der Waals surface area contributed by atoms with Gasteiger partial charge in [-0.3, -0.25) is 14.6 Å². The van der Waals surface area contributed by atoms with E-state index >= 15 is 0 Å². The number of pyridine rings is 1. The molecule has 0 spiro atoms. The lowest BCUT2D eigenvalue weighted by Crippen LogP contribution is -2.48. The van der Waals surface area contributed by atoms with Gasteiger partial charge in [-0.15, -0.1) is 0 Å². The summed E-state index contributed by atoms with van der Waals surface area (Å²) in [5, 5.41) is 3.32. The first-order valence-corrected chi connectivity index (χ1v) is 8.61. The molecule has 0 aliphatic carbocycles. The molecule has 0 bridgehead atoms. The molecule has 0 saturated carbocycles. The molecule has 1 aliphatic rings. The van der Waals surface area contributed by atoms with Crippen LogP contribution in [-0.2, 0) is 4.79 Å². The third-order valence-electron chi connectivity index (χ3n) is 4.35. The zero-order chi connectivity index (χ0) is 19.2. The molecule has 27 heavy (non-hydrogen) atoms. The van der Waals surface area contributed by atoms with Gasteiger partial charge >= 0.3 is 0 Å². The van der Waals surface area contributed by atoms with Crippen molar-refractivity contribution < 1.29 is 19.1 Å². The van der Waals surface area contributed by atoms with Gasteiger partial charge in [0.1, 0.15) is 0 Å². The van der Waals surface area contributed by atoms with E-state index < -0.39 is 5.91 Å². The number of rotatable bonds is 6. The summed E-state index contributed by atoms with van der Waals surface area (Å²) < 4.78 is 10.6. The van der Waals surface area contributed by atoms with Crippen molar-refractivity contribution in [3.05, 3.63) is 53.9 Å². The molecule has 1 saturated heterocycles. The highest BCUT2D eigenvalue weighted by atomic mass is 16.5. The van der Waals surface area contributed by atoms with Gasteiger partial charge in [0, 0.05) is 37.6 Å². The van der Waals surface area contributed by atoms with Crippen LogP contribution in [0.5, 0.6) is 11.5 Å². The molecule has 1 aliphatic heterocycles. The molecule has 2 amide bonds. The summed E-state index contributed by atoms with van der Waals surface area (Å²) in [6.45, 7) is 1.71. The largest absolute Gasteiger partial charge is 0.493 e. The molecule has 1 aromatic heterocycles. The van der Waals surface area contributed by atoms with Gasteiger partial charge in [0.2, 0.25) is 0 Å². The second kappa shape index (κ2) is 8.50. The van der Waals surface area contributed by atoms with Crippen molar-refractivity contribution in [1.29, 1.82) is 0 Å². The van der Waals surface area contributed by atoms with Gasteiger partial charge in [0.05, 0.1) is 13.2 Å². The fourth-order valence-corrected chi connectivity index (χ4v) is 3.05. The summed E-state index contributed by atoms with van der Waals surface area (Å²) in [5.41, 5.74) is 6.56. The van der Waals surface area contributed by atoms with E-state index in [2.05, 4.69) is 10.3 Å². The first-order valence-electron chi connectivity index (χ1n) is 8.61. The number of nitrogens with two attached hydrogens (primary N) is 1. The van der Waals surface area contributed by atoms with Crippen LogP contribution in [0.1, 0.15) is 22.0 Å². The Labute approximate surface area is 157 Å². The quantitative estimate of drug-likeness (QED) is 0.777. The number of amides is 2. The first-order chi connectivity index (χ1) is 13.1. The highest BCUT2D eigenvalue weighted by Crippen LogP contribution is 2.30. The monoisotopic (exact) mass is 370 g/mol. The molecule has 0 radical (unpaired) electrons. The van der Waals surface area contributed by atoms with Crippen molar-refractivity contribution in [2.75, 3.05) is 33.4 Å². The van der Waals surface area contributed by atoms with Gasteiger partial charge in [-0.1, -0.05) is 6.07 Å². The lowest BCUT2D eigenvalue weighted by Gasteiger charge is -2.36. The molecule has 142 valence electrons. The van der Waals surface area contributed by atoms with E-state index in [1.54, 1.807) is 30.6 Å². The van der Waals surface area contributed by atoms with Crippen molar-refractivity contribution >= 4 is 11.8 Å². The number of primary amides is 1. The Hall–Kier alpha value is -3.13. The maximum Gasteiger partial charge on any atom is 0.255 e. The number of methoxy groups -OCH3 is 1. The molecule has 8 nitrogen and oxygen atoms in total. The van der Waals surface area contributed by atoms with Gasteiger partial charge in [-0.05, 0) is 29.8 Å². The van der Waals surface area contributed by atoms with E-state index in [1.807, 2.05) is 17.0 Å². The Balaban J connectivity index is 1.84. The molecule has 1 aromatic carbocycles. The average molecular weight is 370 g/mol.